The van der Waals surface area contributed by atoms with Gasteiger partial charge in [-0.05, 0) is 43.5 Å². The first-order valence-corrected chi connectivity index (χ1v) is 9.60. The van der Waals surface area contributed by atoms with Gasteiger partial charge in [-0.2, -0.15) is 0 Å². The van der Waals surface area contributed by atoms with Crippen molar-refractivity contribution in [2.24, 2.45) is 0 Å². The molecule has 2 aliphatic rings. The number of nitrogens with one attached hydrogen (secondary N) is 2. The maximum atomic E-state index is 14.8. The molecular formula is C20H23F2N5O2. The molecule has 2 bridgehead atoms. The van der Waals surface area contributed by atoms with Crippen molar-refractivity contribution < 1.29 is 18.7 Å². The molecular weight excluding hydrogens is 380 g/mol. The molecule has 154 valence electrons. The van der Waals surface area contributed by atoms with Crippen LogP contribution in [0.2, 0.25) is 0 Å². The normalized spacial score (nSPS) is 25.7. The van der Waals surface area contributed by atoms with Crippen LogP contribution in [0.5, 0.6) is 5.75 Å². The first-order chi connectivity index (χ1) is 13.9. The third kappa shape index (κ3) is 3.50. The highest BCUT2D eigenvalue weighted by atomic mass is 19.1. The third-order valence-corrected chi connectivity index (χ3v) is 5.90. The number of hydrogen-bond acceptors (Lipinski definition) is 6. The summed E-state index contributed by atoms with van der Waals surface area (Å²) in [6.45, 7) is 0. The van der Waals surface area contributed by atoms with Crippen LogP contribution in [0.4, 0.5) is 14.6 Å². The molecule has 2 saturated heterocycles. The zero-order valence-electron chi connectivity index (χ0n) is 16.2. The van der Waals surface area contributed by atoms with Gasteiger partial charge in [-0.25, -0.2) is 8.78 Å². The summed E-state index contributed by atoms with van der Waals surface area (Å²) in [7, 11) is 3.17. The number of phenols is 1. The summed E-state index contributed by atoms with van der Waals surface area (Å²) >= 11 is 0. The number of rotatable bonds is 4. The summed E-state index contributed by atoms with van der Waals surface area (Å²) < 4.78 is 29.0. The molecule has 0 aliphatic carbocycles. The molecule has 29 heavy (non-hydrogen) atoms. The van der Waals surface area contributed by atoms with Crippen LogP contribution in [-0.2, 0) is 0 Å². The molecule has 4 atom stereocenters. The Morgan fingerprint density at radius 3 is 2.79 bits per heavy atom. The van der Waals surface area contributed by atoms with Crippen molar-refractivity contribution in [2.45, 2.75) is 43.6 Å². The molecule has 7 nitrogen and oxygen atoms in total. The van der Waals surface area contributed by atoms with Crippen LogP contribution in [0.1, 0.15) is 29.6 Å². The summed E-state index contributed by atoms with van der Waals surface area (Å²) in [4.78, 5) is 13.4. The van der Waals surface area contributed by atoms with E-state index < -0.39 is 17.9 Å². The van der Waals surface area contributed by atoms with E-state index in [-0.39, 0.29) is 34.7 Å². The number of amides is 1. The van der Waals surface area contributed by atoms with Crippen LogP contribution in [0.25, 0.3) is 11.3 Å². The fourth-order valence-electron chi connectivity index (χ4n) is 4.25. The van der Waals surface area contributed by atoms with E-state index in [1.165, 1.54) is 7.05 Å². The maximum Gasteiger partial charge on any atom is 0.254 e. The Morgan fingerprint density at radius 2 is 2.10 bits per heavy atom. The summed E-state index contributed by atoms with van der Waals surface area (Å²) in [5.74, 6) is -1.18. The van der Waals surface area contributed by atoms with Crippen LogP contribution < -0.4 is 15.5 Å². The molecule has 3 N–H and O–H groups in total. The van der Waals surface area contributed by atoms with Crippen LogP contribution in [0, 0.1) is 5.82 Å². The molecule has 1 aromatic heterocycles. The monoisotopic (exact) mass is 403 g/mol. The number of aromatic hydroxyl groups is 1. The van der Waals surface area contributed by atoms with Gasteiger partial charge in [-0.3, -0.25) is 4.79 Å². The minimum absolute atomic E-state index is 0.118. The maximum absolute atomic E-state index is 14.8. The molecule has 2 aromatic rings. The van der Waals surface area contributed by atoms with Crippen molar-refractivity contribution in [3.63, 3.8) is 0 Å². The molecule has 3 heterocycles. The Kier molecular flexibility index (Phi) is 5.08. The van der Waals surface area contributed by atoms with Crippen molar-refractivity contribution in [1.82, 2.24) is 20.8 Å². The lowest BCUT2D eigenvalue weighted by Gasteiger charge is -2.38. The number of carbonyl (C=O) groups excluding carboxylic acids is 1. The van der Waals surface area contributed by atoms with Crippen LogP contribution >= 0.6 is 0 Å². The molecule has 2 aliphatic heterocycles. The Balaban J connectivity index is 1.57. The smallest absolute Gasteiger partial charge is 0.254 e. The lowest BCUT2D eigenvalue weighted by molar-refractivity contribution is 0.0958. The Morgan fingerprint density at radius 1 is 1.31 bits per heavy atom. The summed E-state index contributed by atoms with van der Waals surface area (Å²) in [6.07, 6.45) is 1.54. The van der Waals surface area contributed by atoms with Crippen molar-refractivity contribution in [1.29, 1.82) is 0 Å². The van der Waals surface area contributed by atoms with Crippen LogP contribution in [0.15, 0.2) is 24.3 Å². The summed E-state index contributed by atoms with van der Waals surface area (Å²) in [5, 5.41) is 24.1. The molecule has 2 fully saturated rings. The van der Waals surface area contributed by atoms with E-state index in [0.29, 0.717) is 18.3 Å². The second-order valence-corrected chi connectivity index (χ2v) is 7.61. The second-order valence-electron chi connectivity index (χ2n) is 7.61. The predicted octanol–water partition coefficient (Wildman–Crippen LogP) is 2.02. The number of piperidine rings is 1. The quantitative estimate of drug-likeness (QED) is 0.724. The van der Waals surface area contributed by atoms with Crippen molar-refractivity contribution in [3.05, 3.63) is 35.6 Å². The van der Waals surface area contributed by atoms with E-state index in [2.05, 4.69) is 20.8 Å². The van der Waals surface area contributed by atoms with Crippen molar-refractivity contribution in [2.75, 3.05) is 19.0 Å². The molecule has 0 spiro atoms. The molecule has 0 radical (unpaired) electrons. The van der Waals surface area contributed by atoms with Crippen molar-refractivity contribution >= 4 is 11.7 Å². The number of anilines is 1. The van der Waals surface area contributed by atoms with Gasteiger partial charge in [0, 0.05) is 31.7 Å². The fraction of sp³-hybridized carbons (Fsp3) is 0.450. The van der Waals surface area contributed by atoms with Gasteiger partial charge < -0.3 is 20.6 Å². The van der Waals surface area contributed by atoms with E-state index >= 15 is 0 Å². The first kappa shape index (κ1) is 19.5. The second kappa shape index (κ2) is 7.55. The zero-order chi connectivity index (χ0) is 20.7. The zero-order valence-corrected chi connectivity index (χ0v) is 16.2. The van der Waals surface area contributed by atoms with Gasteiger partial charge in [0.1, 0.15) is 17.7 Å². The van der Waals surface area contributed by atoms with Crippen molar-refractivity contribution in [3.8, 4) is 17.0 Å². The fourth-order valence-corrected chi connectivity index (χ4v) is 4.25. The van der Waals surface area contributed by atoms with Gasteiger partial charge in [-0.1, -0.05) is 0 Å². The molecule has 1 aromatic carbocycles. The Bertz CT molecular complexity index is 924. The number of alkyl halides is 1. The summed E-state index contributed by atoms with van der Waals surface area (Å²) in [5.41, 5.74) is 0.122. The topological polar surface area (TPSA) is 90.4 Å². The molecule has 9 heteroatoms. The van der Waals surface area contributed by atoms with Crippen LogP contribution in [0.3, 0.4) is 0 Å². The molecule has 0 unspecified atom stereocenters. The lowest BCUT2D eigenvalue weighted by atomic mass is 9.96. The third-order valence-electron chi connectivity index (χ3n) is 5.90. The van der Waals surface area contributed by atoms with Gasteiger partial charge in [0.05, 0.1) is 17.3 Å². The number of nitrogens with zero attached hydrogens (tertiary/aromatic N) is 3. The highest BCUT2D eigenvalue weighted by Gasteiger charge is 2.43. The highest BCUT2D eigenvalue weighted by molar-refractivity contribution is 5.95. The van der Waals surface area contributed by atoms with Gasteiger partial charge in [0.2, 0.25) is 0 Å². The van der Waals surface area contributed by atoms with E-state index in [4.69, 9.17) is 0 Å². The average Bonchev–Trinajstić information content (AvgIpc) is 3.14. The number of phenolic OH excluding ortho intramolecular Hbond substituents is 1. The molecule has 1 amide bonds. The number of carbonyl (C=O) groups is 1. The van der Waals surface area contributed by atoms with Crippen LogP contribution in [-0.4, -0.2) is 59.6 Å². The standard InChI is InChI=1S/C20H23F2N5O2/c1-23-20(29)11-9-17(28)12(8-13(11)21)14-5-6-18(26-25-14)27(2)16-7-10-3-4-15(24-10)19(16)22/h5-6,8-10,15-16,19,24,28H,3-4,7H2,1-2H3,(H,23,29)/t10-,15+,16-,19+/m1/s1. The minimum atomic E-state index is -0.990. The Hall–Kier alpha value is -2.81. The van der Waals surface area contributed by atoms with Gasteiger partial charge >= 0.3 is 0 Å². The number of hydrogen-bond donors (Lipinski definition) is 3. The van der Waals surface area contributed by atoms with Gasteiger partial charge in [-0.15, -0.1) is 10.2 Å². The number of benzene rings is 1. The minimum Gasteiger partial charge on any atom is -0.507 e. The first-order valence-electron chi connectivity index (χ1n) is 9.60. The largest absolute Gasteiger partial charge is 0.507 e. The highest BCUT2D eigenvalue weighted by Crippen LogP contribution is 2.34. The number of aromatic nitrogens is 2. The SMILES string of the molecule is CNC(=O)c1cc(O)c(-c2ccc(N(C)[C@@H]3C[C@H]4CC[C@H](N4)[C@@H]3F)nn2)cc1F. The van der Waals surface area contributed by atoms with E-state index in [1.807, 2.05) is 0 Å². The summed E-state index contributed by atoms with van der Waals surface area (Å²) in [6, 6.07) is 5.29. The van der Waals surface area contributed by atoms with E-state index in [1.54, 1.807) is 24.1 Å². The predicted molar refractivity (Wildman–Crippen MR) is 104 cm³/mol. The molecule has 0 saturated carbocycles. The Labute approximate surface area is 167 Å². The van der Waals surface area contributed by atoms with E-state index in [0.717, 1.165) is 25.0 Å². The molecule has 4 rings (SSSR count). The lowest BCUT2D eigenvalue weighted by Crippen LogP contribution is -2.55. The van der Waals surface area contributed by atoms with Gasteiger partial charge in [0.25, 0.3) is 5.91 Å². The number of fused-ring (bicyclic) bond motifs is 2. The average molecular weight is 403 g/mol. The van der Waals surface area contributed by atoms with Gasteiger partial charge in [0.15, 0.2) is 5.82 Å². The van der Waals surface area contributed by atoms with E-state index in [9.17, 15) is 18.7 Å². The number of halogens is 2.